The number of hydrogen-bond acceptors (Lipinski definition) is 9. The zero-order valence-corrected chi connectivity index (χ0v) is 21.7. The highest BCUT2D eigenvalue weighted by atomic mass is 31.1. The smallest absolute Gasteiger partial charge is 0.410 e. The van der Waals surface area contributed by atoms with Crippen molar-refractivity contribution in [1.82, 2.24) is 15.5 Å². The van der Waals surface area contributed by atoms with Gasteiger partial charge in [0.25, 0.3) is 5.34 Å². The Labute approximate surface area is 205 Å². The molecule has 0 spiro atoms. The van der Waals surface area contributed by atoms with Crippen molar-refractivity contribution in [2.45, 2.75) is 78.1 Å². The topological polar surface area (TPSA) is 189 Å². The maximum absolute atomic E-state index is 13.3. The lowest BCUT2D eigenvalue weighted by Crippen LogP contribution is -2.66. The van der Waals surface area contributed by atoms with Crippen LogP contribution in [0, 0.1) is 11.3 Å². The van der Waals surface area contributed by atoms with Gasteiger partial charge in [0.1, 0.15) is 17.5 Å². The second-order valence-electron chi connectivity index (χ2n) is 8.92. The highest BCUT2D eigenvalue weighted by molar-refractivity contribution is 7.26. The lowest BCUT2D eigenvalue weighted by atomic mass is 9.70. The molecule has 5 unspecified atom stereocenters. The van der Waals surface area contributed by atoms with Crippen molar-refractivity contribution in [1.29, 1.82) is 0 Å². The van der Waals surface area contributed by atoms with E-state index < -0.39 is 67.4 Å². The van der Waals surface area contributed by atoms with Gasteiger partial charge in [0, 0.05) is 26.9 Å². The first kappa shape index (κ1) is 30.2. The summed E-state index contributed by atoms with van der Waals surface area (Å²) in [6, 6.07) is -2.64. The zero-order chi connectivity index (χ0) is 27.1. The largest absolute Gasteiger partial charge is 0.480 e. The molecule has 3 amide bonds. The van der Waals surface area contributed by atoms with Crippen molar-refractivity contribution >= 4 is 38.3 Å². The van der Waals surface area contributed by atoms with Gasteiger partial charge in [-0.15, -0.1) is 0 Å². The number of hydrogen-bond donors (Lipinski definition) is 4. The van der Waals surface area contributed by atoms with E-state index in [1.807, 2.05) is 0 Å². The van der Waals surface area contributed by atoms with Gasteiger partial charge in [-0.25, -0.2) is 4.79 Å². The van der Waals surface area contributed by atoms with Crippen molar-refractivity contribution in [3.05, 3.63) is 0 Å². The van der Waals surface area contributed by atoms with E-state index in [1.165, 1.54) is 32.6 Å². The van der Waals surface area contributed by atoms with Crippen molar-refractivity contribution in [2.75, 3.05) is 13.1 Å². The van der Waals surface area contributed by atoms with Gasteiger partial charge in [0.05, 0.1) is 5.92 Å². The molecule has 0 aromatic rings. The summed E-state index contributed by atoms with van der Waals surface area (Å²) in [7, 11) is -1.52. The number of ether oxygens (including phenoxy) is 2. The number of aliphatic hydroxyl groups is 1. The molecule has 0 saturated carbocycles. The van der Waals surface area contributed by atoms with Gasteiger partial charge in [-0.05, 0) is 26.7 Å². The molecule has 0 radical (unpaired) electrons. The summed E-state index contributed by atoms with van der Waals surface area (Å²) in [6.07, 6.45) is -2.64. The molecule has 1 heterocycles. The second-order valence-corrected chi connectivity index (χ2v) is 9.89. The Hall–Kier alpha value is -2.79. The Balaban J connectivity index is 3.18. The molecule has 1 saturated heterocycles. The minimum Gasteiger partial charge on any atom is -0.480 e. The maximum atomic E-state index is 13.3. The van der Waals surface area contributed by atoms with Crippen LogP contribution < -0.4 is 10.6 Å². The van der Waals surface area contributed by atoms with Crippen LogP contribution in [0.2, 0.25) is 0 Å². The van der Waals surface area contributed by atoms with Gasteiger partial charge >= 0.3 is 26.5 Å². The third-order valence-electron chi connectivity index (χ3n) is 6.09. The van der Waals surface area contributed by atoms with Crippen molar-refractivity contribution < 1.29 is 48.2 Å². The number of aliphatic carboxylic acids is 1. The van der Waals surface area contributed by atoms with E-state index in [9.17, 15) is 38.8 Å². The van der Waals surface area contributed by atoms with Crippen LogP contribution in [0.15, 0.2) is 0 Å². The second kappa shape index (κ2) is 12.3. The number of rotatable bonds is 10. The predicted octanol–water partition coefficient (Wildman–Crippen LogP) is 0.577. The molecule has 13 nitrogen and oxygen atoms in total. The van der Waals surface area contributed by atoms with Crippen LogP contribution in [0.5, 0.6) is 0 Å². The van der Waals surface area contributed by atoms with Gasteiger partial charge in [-0.3, -0.25) is 19.2 Å². The van der Waals surface area contributed by atoms with Gasteiger partial charge in [0.2, 0.25) is 18.1 Å². The Kier molecular flexibility index (Phi) is 10.6. The van der Waals surface area contributed by atoms with Crippen molar-refractivity contribution in [3.8, 4) is 0 Å². The summed E-state index contributed by atoms with van der Waals surface area (Å²) in [5, 5.41) is 23.0. The summed E-state index contributed by atoms with van der Waals surface area (Å²) in [4.78, 5) is 61.8. The van der Waals surface area contributed by atoms with Crippen LogP contribution in [0.25, 0.3) is 0 Å². The number of nitrogens with zero attached hydrogens (tertiary/aromatic N) is 1. The molecule has 35 heavy (non-hydrogen) atoms. The lowest BCUT2D eigenvalue weighted by Gasteiger charge is -2.45. The fraction of sp³-hybridized carbons (Fsp3) is 0.762. The first-order chi connectivity index (χ1) is 16.1. The van der Waals surface area contributed by atoms with Gasteiger partial charge < -0.3 is 35.2 Å². The lowest BCUT2D eigenvalue weighted by molar-refractivity contribution is -0.169. The molecule has 0 aliphatic carbocycles. The summed E-state index contributed by atoms with van der Waals surface area (Å²) in [6.45, 7) is 8.46. The van der Waals surface area contributed by atoms with E-state index in [1.54, 1.807) is 13.8 Å². The third kappa shape index (κ3) is 7.11. The molecular weight excluding hydrogens is 485 g/mol. The molecule has 5 atom stereocenters. The number of esters is 1. The minimum atomic E-state index is -2.35. The fourth-order valence-corrected chi connectivity index (χ4v) is 4.58. The molecule has 1 rings (SSSR count). The van der Waals surface area contributed by atoms with Crippen LogP contribution in [0.1, 0.15) is 54.4 Å². The summed E-state index contributed by atoms with van der Waals surface area (Å²) < 4.78 is 22.3. The quantitative estimate of drug-likeness (QED) is 0.180. The van der Waals surface area contributed by atoms with Crippen LogP contribution in [-0.4, -0.2) is 81.8 Å². The van der Waals surface area contributed by atoms with Crippen molar-refractivity contribution in [3.63, 3.8) is 0 Å². The first-order valence-electron chi connectivity index (χ1n) is 11.2. The summed E-state index contributed by atoms with van der Waals surface area (Å²) >= 11 is 0. The van der Waals surface area contributed by atoms with Gasteiger partial charge in [-0.1, -0.05) is 18.4 Å². The number of piperidine rings is 1. The summed E-state index contributed by atoms with van der Waals surface area (Å²) in [5.41, 5.74) is -1.80. The number of carbonyl (C=O) groups excluding carboxylic acids is 4. The van der Waals surface area contributed by atoms with Gasteiger partial charge in [-0.2, -0.15) is 0 Å². The molecule has 0 bridgehead atoms. The average Bonchev–Trinajstić information content (AvgIpc) is 2.77. The standard InChI is InChI=1S/C21H34N3O10P/c1-11(2)17(28)33-15(6)34-19(30)23-13(4)21(31,35-32)20(18(29)22-12(3)16(26)27)7-9-24(10-8-20)14(5)25/h11-13,15,31H,7-10H2,1-6H3,(H,22,29)(H,23,30)(H,26,27)/p+1. The average molecular weight is 520 g/mol. The van der Waals surface area contributed by atoms with Gasteiger partial charge in [0.15, 0.2) is 0 Å². The maximum Gasteiger partial charge on any atom is 0.410 e. The molecule has 14 heteroatoms. The Morgan fingerprint density at radius 3 is 1.97 bits per heavy atom. The highest BCUT2D eigenvalue weighted by Crippen LogP contribution is 2.49. The molecule has 0 aromatic carbocycles. The highest BCUT2D eigenvalue weighted by Gasteiger charge is 2.66. The number of carboxylic acids is 1. The van der Waals surface area contributed by atoms with Crippen LogP contribution >= 0.6 is 8.46 Å². The van der Waals surface area contributed by atoms with Crippen LogP contribution in [0.4, 0.5) is 4.79 Å². The monoisotopic (exact) mass is 520 g/mol. The predicted molar refractivity (Wildman–Crippen MR) is 123 cm³/mol. The number of carbonyl (C=O) groups is 5. The van der Waals surface area contributed by atoms with E-state index in [-0.39, 0.29) is 31.8 Å². The Bertz CT molecular complexity index is 843. The number of amides is 3. The van der Waals surface area contributed by atoms with E-state index in [0.717, 1.165) is 0 Å². The number of carboxylic acid groups (broad SMARTS) is 1. The van der Waals surface area contributed by atoms with E-state index in [0.29, 0.717) is 0 Å². The molecule has 0 aromatic heterocycles. The number of alkyl carbamates (subject to hydrolysis) is 1. The summed E-state index contributed by atoms with van der Waals surface area (Å²) in [5.74, 6) is -3.51. The van der Waals surface area contributed by atoms with Crippen LogP contribution in [0.3, 0.4) is 0 Å². The molecular formula is C21H35N3O10P+. The molecule has 1 fully saturated rings. The SMILES string of the molecule is CC(=O)N1CCC(C(=O)NC(C)C(=O)O)(C(O)([PH+]=O)C(C)NC(=O)OC(C)OC(=O)C(C)C)CC1. The van der Waals surface area contributed by atoms with Crippen molar-refractivity contribution in [2.24, 2.45) is 11.3 Å². The number of nitrogens with one attached hydrogen (secondary N) is 2. The Morgan fingerprint density at radius 2 is 1.54 bits per heavy atom. The van der Waals surface area contributed by atoms with E-state index in [4.69, 9.17) is 9.47 Å². The van der Waals surface area contributed by atoms with Crippen LogP contribution in [-0.2, 0) is 33.2 Å². The molecule has 1 aliphatic rings. The number of likely N-dealkylation sites (tertiary alicyclic amines) is 1. The Morgan fingerprint density at radius 1 is 1.00 bits per heavy atom. The normalized spacial score (nSPS) is 19.6. The first-order valence-corrected chi connectivity index (χ1v) is 12.1. The molecule has 4 N–H and O–H groups in total. The zero-order valence-electron chi connectivity index (χ0n) is 20.7. The minimum absolute atomic E-state index is 0.0380. The van der Waals surface area contributed by atoms with E-state index in [2.05, 4.69) is 10.6 Å². The molecule has 1 aliphatic heterocycles. The van der Waals surface area contributed by atoms with E-state index >= 15 is 0 Å². The third-order valence-corrected chi connectivity index (χ3v) is 7.31. The fourth-order valence-electron chi connectivity index (χ4n) is 3.77. The molecule has 198 valence electrons.